The van der Waals surface area contributed by atoms with Crippen molar-refractivity contribution in [3.8, 4) is 0 Å². The second-order valence-corrected chi connectivity index (χ2v) is 4.41. The zero-order chi connectivity index (χ0) is 12.0. The minimum Gasteiger partial charge on any atom is -0.466 e. The van der Waals surface area contributed by atoms with E-state index in [-0.39, 0.29) is 5.97 Å². The normalized spacial score (nSPS) is 23.2. The molecule has 0 aromatic rings. The molecule has 16 heavy (non-hydrogen) atoms. The van der Waals surface area contributed by atoms with Crippen LogP contribution in [0.15, 0.2) is 11.6 Å². The van der Waals surface area contributed by atoms with E-state index in [1.54, 1.807) is 0 Å². The molecular formula is C13H23NO2. The fourth-order valence-electron chi connectivity index (χ4n) is 2.16. The molecule has 3 nitrogen and oxygen atoms in total. The molecule has 1 aliphatic heterocycles. The van der Waals surface area contributed by atoms with E-state index in [2.05, 4.69) is 11.8 Å². The van der Waals surface area contributed by atoms with Crippen molar-refractivity contribution in [1.29, 1.82) is 0 Å². The molecule has 0 bridgehead atoms. The maximum Gasteiger partial charge on any atom is 0.333 e. The molecule has 0 aromatic heterocycles. The van der Waals surface area contributed by atoms with Crippen LogP contribution in [0.3, 0.4) is 0 Å². The SMILES string of the molecule is CCC(=CCN1CCCCC1C)C(=O)OC. The average Bonchev–Trinajstić information content (AvgIpc) is 2.31. The first-order chi connectivity index (χ1) is 7.69. The molecule has 0 amide bonds. The number of piperidine rings is 1. The van der Waals surface area contributed by atoms with Crippen molar-refractivity contribution < 1.29 is 9.53 Å². The van der Waals surface area contributed by atoms with E-state index in [9.17, 15) is 4.79 Å². The molecule has 0 N–H and O–H groups in total. The summed E-state index contributed by atoms with van der Waals surface area (Å²) in [4.78, 5) is 13.8. The van der Waals surface area contributed by atoms with Crippen LogP contribution in [0.4, 0.5) is 0 Å². The highest BCUT2D eigenvalue weighted by Gasteiger charge is 2.17. The predicted octanol–water partition coefficient (Wildman–Crippen LogP) is 2.37. The van der Waals surface area contributed by atoms with E-state index >= 15 is 0 Å². The number of esters is 1. The Labute approximate surface area is 98.5 Å². The van der Waals surface area contributed by atoms with Crippen LogP contribution >= 0.6 is 0 Å². The number of methoxy groups -OCH3 is 1. The quantitative estimate of drug-likeness (QED) is 0.543. The van der Waals surface area contributed by atoms with Crippen LogP contribution < -0.4 is 0 Å². The maximum atomic E-state index is 11.4. The summed E-state index contributed by atoms with van der Waals surface area (Å²) >= 11 is 0. The summed E-state index contributed by atoms with van der Waals surface area (Å²) in [7, 11) is 1.44. The highest BCUT2D eigenvalue weighted by atomic mass is 16.5. The molecular weight excluding hydrogens is 202 g/mol. The van der Waals surface area contributed by atoms with E-state index in [1.807, 2.05) is 13.0 Å². The van der Waals surface area contributed by atoms with Crippen LogP contribution in [0, 0.1) is 0 Å². The molecule has 0 spiro atoms. The highest BCUT2D eigenvalue weighted by Crippen LogP contribution is 2.16. The molecule has 1 fully saturated rings. The molecule has 0 aliphatic carbocycles. The van der Waals surface area contributed by atoms with Gasteiger partial charge < -0.3 is 4.74 Å². The Balaban J connectivity index is 2.51. The maximum absolute atomic E-state index is 11.4. The molecule has 1 atom stereocenters. The summed E-state index contributed by atoms with van der Waals surface area (Å²) in [5.74, 6) is -0.188. The lowest BCUT2D eigenvalue weighted by molar-refractivity contribution is -0.136. The van der Waals surface area contributed by atoms with Crippen molar-refractivity contribution in [2.75, 3.05) is 20.2 Å². The smallest absolute Gasteiger partial charge is 0.333 e. The fourth-order valence-corrected chi connectivity index (χ4v) is 2.16. The number of carbonyl (C=O) groups excluding carboxylic acids is 1. The summed E-state index contributed by atoms with van der Waals surface area (Å²) in [6.07, 6.45) is 6.65. The monoisotopic (exact) mass is 225 g/mol. The number of nitrogens with zero attached hydrogens (tertiary/aromatic N) is 1. The molecule has 1 aliphatic rings. The largest absolute Gasteiger partial charge is 0.466 e. The Hall–Kier alpha value is -0.830. The molecule has 1 unspecified atom stereocenters. The van der Waals surface area contributed by atoms with Crippen LogP contribution in [0.5, 0.6) is 0 Å². The second kappa shape index (κ2) is 6.69. The number of carbonyl (C=O) groups is 1. The van der Waals surface area contributed by atoms with E-state index < -0.39 is 0 Å². The van der Waals surface area contributed by atoms with Crippen LogP contribution in [0.1, 0.15) is 39.5 Å². The zero-order valence-corrected chi connectivity index (χ0v) is 10.7. The van der Waals surface area contributed by atoms with E-state index in [0.29, 0.717) is 6.04 Å². The van der Waals surface area contributed by atoms with Gasteiger partial charge in [0.25, 0.3) is 0 Å². The summed E-state index contributed by atoms with van der Waals surface area (Å²) in [5, 5.41) is 0. The topological polar surface area (TPSA) is 29.5 Å². The van der Waals surface area contributed by atoms with Gasteiger partial charge in [0.05, 0.1) is 7.11 Å². The van der Waals surface area contributed by atoms with Gasteiger partial charge in [0.15, 0.2) is 0 Å². The van der Waals surface area contributed by atoms with Gasteiger partial charge >= 0.3 is 5.97 Å². The summed E-state index contributed by atoms with van der Waals surface area (Å²) in [6, 6.07) is 0.640. The van der Waals surface area contributed by atoms with Gasteiger partial charge in [-0.1, -0.05) is 19.4 Å². The average molecular weight is 225 g/mol. The first kappa shape index (κ1) is 13.2. The molecule has 0 aromatic carbocycles. The lowest BCUT2D eigenvalue weighted by Gasteiger charge is -2.32. The van der Waals surface area contributed by atoms with Gasteiger partial charge in [-0.15, -0.1) is 0 Å². The standard InChI is InChI=1S/C13H23NO2/c1-4-12(13(15)16-3)8-10-14-9-6-5-7-11(14)2/h8,11H,4-7,9-10H2,1-3H3. The van der Waals surface area contributed by atoms with Gasteiger partial charge in [-0.3, -0.25) is 4.90 Å². The summed E-state index contributed by atoms with van der Waals surface area (Å²) in [5.41, 5.74) is 0.792. The first-order valence-electron chi connectivity index (χ1n) is 6.20. The Morgan fingerprint density at radius 1 is 1.50 bits per heavy atom. The molecule has 1 heterocycles. The van der Waals surface area contributed by atoms with Crippen molar-refractivity contribution >= 4 is 5.97 Å². The summed E-state index contributed by atoms with van der Waals surface area (Å²) in [6.45, 7) is 6.27. The first-order valence-corrected chi connectivity index (χ1v) is 6.20. The third-order valence-corrected chi connectivity index (χ3v) is 3.34. The van der Waals surface area contributed by atoms with Crippen LogP contribution in [0.25, 0.3) is 0 Å². The van der Waals surface area contributed by atoms with Crippen LogP contribution in [-0.4, -0.2) is 37.1 Å². The Morgan fingerprint density at radius 2 is 2.25 bits per heavy atom. The second-order valence-electron chi connectivity index (χ2n) is 4.41. The number of ether oxygens (including phenoxy) is 1. The summed E-state index contributed by atoms with van der Waals surface area (Å²) < 4.78 is 4.74. The van der Waals surface area contributed by atoms with Crippen LogP contribution in [-0.2, 0) is 9.53 Å². The molecule has 1 saturated heterocycles. The minimum absolute atomic E-state index is 0.188. The number of likely N-dealkylation sites (tertiary alicyclic amines) is 1. The highest BCUT2D eigenvalue weighted by molar-refractivity contribution is 5.88. The lowest BCUT2D eigenvalue weighted by Crippen LogP contribution is -2.37. The van der Waals surface area contributed by atoms with Gasteiger partial charge in [-0.2, -0.15) is 0 Å². The number of rotatable bonds is 4. The Morgan fingerprint density at radius 3 is 2.81 bits per heavy atom. The van der Waals surface area contributed by atoms with Gasteiger partial charge in [0.2, 0.25) is 0 Å². The molecule has 0 radical (unpaired) electrons. The Kier molecular flexibility index (Phi) is 5.53. The van der Waals surface area contributed by atoms with Crippen molar-refractivity contribution in [3.05, 3.63) is 11.6 Å². The fraction of sp³-hybridized carbons (Fsp3) is 0.769. The van der Waals surface area contributed by atoms with Crippen molar-refractivity contribution in [2.24, 2.45) is 0 Å². The third kappa shape index (κ3) is 3.63. The van der Waals surface area contributed by atoms with Gasteiger partial charge in [0.1, 0.15) is 0 Å². The molecule has 0 saturated carbocycles. The molecule has 1 rings (SSSR count). The van der Waals surface area contributed by atoms with Crippen molar-refractivity contribution in [2.45, 2.75) is 45.6 Å². The van der Waals surface area contributed by atoms with Crippen LogP contribution in [0.2, 0.25) is 0 Å². The number of hydrogen-bond donors (Lipinski definition) is 0. The van der Waals surface area contributed by atoms with Crippen molar-refractivity contribution in [3.63, 3.8) is 0 Å². The minimum atomic E-state index is -0.188. The van der Waals surface area contributed by atoms with E-state index in [1.165, 1.54) is 26.4 Å². The van der Waals surface area contributed by atoms with Crippen molar-refractivity contribution in [1.82, 2.24) is 4.90 Å². The molecule has 92 valence electrons. The van der Waals surface area contributed by atoms with E-state index in [0.717, 1.165) is 25.1 Å². The van der Waals surface area contributed by atoms with E-state index in [4.69, 9.17) is 4.74 Å². The van der Waals surface area contributed by atoms with Gasteiger partial charge in [-0.25, -0.2) is 4.79 Å². The zero-order valence-electron chi connectivity index (χ0n) is 10.7. The lowest BCUT2D eigenvalue weighted by atomic mass is 10.0. The predicted molar refractivity (Wildman–Crippen MR) is 65.3 cm³/mol. The molecule has 3 heteroatoms. The Bertz CT molecular complexity index is 261. The number of hydrogen-bond acceptors (Lipinski definition) is 3. The third-order valence-electron chi connectivity index (χ3n) is 3.34. The van der Waals surface area contributed by atoms with Gasteiger partial charge in [0, 0.05) is 18.2 Å². The van der Waals surface area contributed by atoms with Gasteiger partial charge in [-0.05, 0) is 32.7 Å².